The maximum atomic E-state index is 2.29. The first-order valence-corrected chi connectivity index (χ1v) is 8.20. The summed E-state index contributed by atoms with van der Waals surface area (Å²) in [6.07, 6.45) is 2.90. The van der Waals surface area contributed by atoms with Crippen molar-refractivity contribution in [3.05, 3.63) is 0 Å². The molecule has 0 aliphatic rings. The van der Waals surface area contributed by atoms with Gasteiger partial charge in [-0.2, -0.15) is 0 Å². The molecule has 0 aromatic rings. The van der Waals surface area contributed by atoms with Crippen molar-refractivity contribution in [2.24, 2.45) is 0 Å². The van der Waals surface area contributed by atoms with Crippen molar-refractivity contribution in [1.82, 2.24) is 0 Å². The van der Waals surface area contributed by atoms with Crippen LogP contribution >= 0.6 is 0 Å². The summed E-state index contributed by atoms with van der Waals surface area (Å²) < 4.78 is 3.24. The van der Waals surface area contributed by atoms with Gasteiger partial charge in [-0.1, -0.05) is 0 Å². The molecule has 0 aromatic carbocycles. The third kappa shape index (κ3) is 9.95. The molecule has 0 fully saturated rings. The molecule has 0 saturated heterocycles. The molecule has 0 aromatic heterocycles. The molecule has 0 atom stereocenters. The van der Waals surface area contributed by atoms with Crippen LogP contribution in [0.25, 0.3) is 0 Å². The predicted octanol–water partition coefficient (Wildman–Crippen LogP) is 1.90. The van der Waals surface area contributed by atoms with E-state index in [-0.39, 0.29) is 28.4 Å². The Morgan fingerprint density at radius 1 is 1.00 bits per heavy atom. The minimum absolute atomic E-state index is 0. The van der Waals surface area contributed by atoms with Gasteiger partial charge in [0, 0.05) is 0 Å². The molecule has 0 aliphatic heterocycles. The van der Waals surface area contributed by atoms with E-state index >= 15 is 0 Å². The summed E-state index contributed by atoms with van der Waals surface area (Å²) in [5, 5.41) is 0. The molecule has 0 bridgehead atoms. The van der Waals surface area contributed by atoms with Crippen molar-refractivity contribution in [1.29, 1.82) is 0 Å². The van der Waals surface area contributed by atoms with E-state index in [4.69, 9.17) is 0 Å². The van der Waals surface area contributed by atoms with Crippen LogP contribution in [0.5, 0.6) is 0 Å². The summed E-state index contributed by atoms with van der Waals surface area (Å²) in [6.45, 7) is 4.59. The smallest absolute Gasteiger partial charge is 0.412 e. The van der Waals surface area contributed by atoms with Crippen molar-refractivity contribution < 1.29 is 28.4 Å². The molecule has 2 heteroatoms. The van der Waals surface area contributed by atoms with Gasteiger partial charge < -0.3 is 5.48 Å². The van der Waals surface area contributed by atoms with E-state index in [1.807, 2.05) is 0 Å². The van der Waals surface area contributed by atoms with Crippen molar-refractivity contribution >= 4 is 0 Å². The van der Waals surface area contributed by atoms with Crippen molar-refractivity contribution in [3.63, 3.8) is 0 Å². The van der Waals surface area contributed by atoms with Gasteiger partial charge in [-0.05, 0) is 0 Å². The third-order valence-corrected chi connectivity index (χ3v) is 6.99. The molecule has 8 heavy (non-hydrogen) atoms. The van der Waals surface area contributed by atoms with Gasteiger partial charge in [0.1, 0.15) is 0 Å². The molecular weight excluding hydrogens is 267 g/mol. The van der Waals surface area contributed by atoms with E-state index in [1.54, 1.807) is 8.35 Å². The Labute approximate surface area is 63.5 Å². The molecule has 0 rings (SSSR count). The van der Waals surface area contributed by atoms with E-state index < -0.39 is 0 Å². The second-order valence-electron chi connectivity index (χ2n) is 1.75. The van der Waals surface area contributed by atoms with Gasteiger partial charge in [0.15, 0.2) is 0 Å². The van der Waals surface area contributed by atoms with Gasteiger partial charge in [-0.15, -0.1) is 0 Å². The Hall–Kier alpha value is 0.830. The van der Waals surface area contributed by atoms with Gasteiger partial charge in [-0.25, -0.2) is 0 Å². The second kappa shape index (κ2) is 10.7. The number of rotatable bonds is 4. The van der Waals surface area contributed by atoms with E-state index in [9.17, 15) is 0 Å². The first-order chi connectivity index (χ1) is 3.41. The van der Waals surface area contributed by atoms with Crippen LogP contribution in [0.15, 0.2) is 0 Å². The van der Waals surface area contributed by atoms with E-state index in [1.165, 1.54) is 12.8 Å². The van der Waals surface area contributed by atoms with E-state index in [0.29, 0.717) is 0 Å². The molecule has 1 nitrogen and oxygen atoms in total. The summed E-state index contributed by atoms with van der Waals surface area (Å²) in [7, 11) is 0. The van der Waals surface area contributed by atoms with Crippen molar-refractivity contribution in [2.45, 2.75) is 35.0 Å². The Morgan fingerprint density at radius 2 is 1.38 bits per heavy atom. The molecule has 0 unspecified atom stereocenters. The van der Waals surface area contributed by atoms with Crippen molar-refractivity contribution in [2.75, 3.05) is 0 Å². The van der Waals surface area contributed by atoms with Gasteiger partial charge in [0.05, 0.1) is 0 Å². The first-order valence-electron chi connectivity index (χ1n) is 3.12. The van der Waals surface area contributed by atoms with E-state index in [0.717, 1.165) is 0 Å². The standard InChI is InChI=1S/2C3H7.Hf.H2O/c2*1-3-2;;/h2*1,3H2,2H3;;1H2. The Morgan fingerprint density at radius 3 is 1.62 bits per heavy atom. The molecule has 0 amide bonds. The van der Waals surface area contributed by atoms with Crippen LogP contribution in [0, 0.1) is 0 Å². The largest absolute Gasteiger partial charge is 0.412 e. The minimum atomic E-state index is 0. The van der Waals surface area contributed by atoms with Crippen LogP contribution in [0.4, 0.5) is 0 Å². The van der Waals surface area contributed by atoms with Crippen LogP contribution in [0.1, 0.15) is 26.7 Å². The Kier molecular flexibility index (Phi) is 15.6. The van der Waals surface area contributed by atoms with Gasteiger partial charge in [-0.3, -0.25) is 0 Å². The Bertz CT molecular complexity index is 27.7. The molecule has 2 N–H and O–H groups in total. The van der Waals surface area contributed by atoms with Crippen LogP contribution in [0.3, 0.4) is 0 Å². The summed E-state index contributed by atoms with van der Waals surface area (Å²) in [6, 6.07) is 0. The molecule has 0 spiro atoms. The normalized spacial score (nSPS) is 7.75. The molecule has 0 saturated carbocycles. The molecule has 0 heterocycles. The maximum absolute atomic E-state index is 2.29. The zero-order valence-corrected chi connectivity index (χ0v) is 9.42. The fraction of sp³-hybridized carbons (Fsp3) is 1.00. The molecule has 0 radical (unpaired) electrons. The fourth-order valence-corrected chi connectivity index (χ4v) is 3.92. The van der Waals surface area contributed by atoms with Gasteiger partial charge >= 0.3 is 58.0 Å². The average Bonchev–Trinajstić information content (AvgIpc) is 1.69. The van der Waals surface area contributed by atoms with Crippen LogP contribution in [0.2, 0.25) is 8.35 Å². The topological polar surface area (TPSA) is 31.5 Å². The van der Waals surface area contributed by atoms with Crippen LogP contribution in [-0.2, 0) is 22.9 Å². The molecule has 50 valence electrons. The quantitative estimate of drug-likeness (QED) is 0.557. The van der Waals surface area contributed by atoms with Crippen molar-refractivity contribution in [3.8, 4) is 0 Å². The average molecular weight is 283 g/mol. The predicted molar refractivity (Wildman–Crippen MR) is 33.8 cm³/mol. The fourth-order valence-electron chi connectivity index (χ4n) is 0.479. The van der Waals surface area contributed by atoms with Gasteiger partial charge in [0.2, 0.25) is 0 Å². The first kappa shape index (κ1) is 11.6. The number of hydrogen-bond donors (Lipinski definition) is 0. The molecular formula is C6H16HfO. The van der Waals surface area contributed by atoms with E-state index in [2.05, 4.69) is 13.8 Å². The second-order valence-corrected chi connectivity index (χ2v) is 7.14. The summed E-state index contributed by atoms with van der Waals surface area (Å²) in [4.78, 5) is 0. The summed E-state index contributed by atoms with van der Waals surface area (Å²) in [5.74, 6) is 0. The number of hydrogen-bond acceptors (Lipinski definition) is 0. The Balaban J connectivity index is 0. The molecule has 0 aliphatic carbocycles. The SMILES string of the molecule is CC[CH2][Hf][CH2]CC.O. The maximum Gasteiger partial charge on any atom is -0.412 e. The van der Waals surface area contributed by atoms with Crippen LogP contribution in [-0.4, -0.2) is 5.48 Å². The van der Waals surface area contributed by atoms with Gasteiger partial charge in [0.25, 0.3) is 0 Å². The van der Waals surface area contributed by atoms with Crippen LogP contribution < -0.4 is 0 Å². The summed E-state index contributed by atoms with van der Waals surface area (Å²) >= 11 is 0.000772. The zero-order valence-electron chi connectivity index (χ0n) is 5.83. The third-order valence-electron chi connectivity index (χ3n) is 0.854. The monoisotopic (exact) mass is 284 g/mol. The minimum Gasteiger partial charge on any atom is -0.412 e. The summed E-state index contributed by atoms with van der Waals surface area (Å²) in [5.41, 5.74) is 0. The zero-order chi connectivity index (χ0) is 5.54.